The fourth-order valence-electron chi connectivity index (χ4n) is 3.08. The second kappa shape index (κ2) is 11.8. The highest BCUT2D eigenvalue weighted by Gasteiger charge is 2.15. The Labute approximate surface area is 161 Å². The van der Waals surface area contributed by atoms with Crippen molar-refractivity contribution in [3.8, 4) is 0 Å². The van der Waals surface area contributed by atoms with Gasteiger partial charge in [-0.25, -0.2) is 0 Å². The van der Waals surface area contributed by atoms with Gasteiger partial charge in [0.15, 0.2) is 5.96 Å². The molecule has 1 aliphatic rings. The van der Waals surface area contributed by atoms with Crippen LogP contribution < -0.4 is 16.0 Å². The maximum Gasteiger partial charge on any atom is 0.221 e. The van der Waals surface area contributed by atoms with Gasteiger partial charge in [0, 0.05) is 42.7 Å². The Kier molecular flexibility index (Phi) is 9.39. The molecule has 1 saturated carbocycles. The molecule has 1 fully saturated rings. The fraction of sp³-hybridized carbons (Fsp3) is 0.600. The van der Waals surface area contributed by atoms with Crippen LogP contribution in [0, 0.1) is 0 Å². The van der Waals surface area contributed by atoms with Crippen LogP contribution in [0.5, 0.6) is 0 Å². The van der Waals surface area contributed by atoms with E-state index in [4.69, 9.17) is 0 Å². The van der Waals surface area contributed by atoms with Crippen LogP contribution in [0.3, 0.4) is 0 Å². The maximum absolute atomic E-state index is 12.0. The second-order valence-corrected chi connectivity index (χ2v) is 8.29. The van der Waals surface area contributed by atoms with Gasteiger partial charge in [0.25, 0.3) is 0 Å². The van der Waals surface area contributed by atoms with Gasteiger partial charge in [0.2, 0.25) is 5.91 Å². The van der Waals surface area contributed by atoms with Crippen molar-refractivity contribution < 1.29 is 4.79 Å². The number of carbonyl (C=O) groups excluding carboxylic acids is 1. The van der Waals surface area contributed by atoms with E-state index in [2.05, 4.69) is 52.1 Å². The number of nitrogens with one attached hydrogen (secondary N) is 3. The largest absolute Gasteiger partial charge is 0.356 e. The summed E-state index contributed by atoms with van der Waals surface area (Å²) in [4.78, 5) is 17.5. The Morgan fingerprint density at radius 3 is 2.62 bits per heavy atom. The van der Waals surface area contributed by atoms with Gasteiger partial charge in [-0.15, -0.1) is 11.8 Å². The Morgan fingerprint density at radius 1 is 1.19 bits per heavy atom. The summed E-state index contributed by atoms with van der Waals surface area (Å²) >= 11 is 1.83. The molecule has 0 bridgehead atoms. The van der Waals surface area contributed by atoms with Crippen LogP contribution in [0.25, 0.3) is 0 Å². The van der Waals surface area contributed by atoms with E-state index in [-0.39, 0.29) is 5.91 Å². The lowest BCUT2D eigenvalue weighted by Gasteiger charge is -2.22. The number of aliphatic imine (C=N–C) groups is 1. The average Bonchev–Trinajstić information content (AvgIpc) is 2.66. The van der Waals surface area contributed by atoms with Crippen LogP contribution in [0.1, 0.15) is 45.4 Å². The third kappa shape index (κ3) is 8.13. The van der Waals surface area contributed by atoms with Crippen LogP contribution >= 0.6 is 11.8 Å². The Morgan fingerprint density at radius 2 is 1.92 bits per heavy atom. The van der Waals surface area contributed by atoms with Crippen molar-refractivity contribution in [1.29, 1.82) is 0 Å². The summed E-state index contributed by atoms with van der Waals surface area (Å²) < 4.78 is 0. The highest BCUT2D eigenvalue weighted by Crippen LogP contribution is 2.21. The third-order valence-electron chi connectivity index (χ3n) is 4.48. The van der Waals surface area contributed by atoms with Crippen LogP contribution in [0.15, 0.2) is 40.2 Å². The zero-order chi connectivity index (χ0) is 18.6. The molecule has 6 heteroatoms. The molecule has 144 valence electrons. The summed E-state index contributed by atoms with van der Waals surface area (Å²) in [6, 6.07) is 10.8. The summed E-state index contributed by atoms with van der Waals surface area (Å²) in [6.07, 6.45) is 6.50. The molecule has 0 aliphatic heterocycles. The van der Waals surface area contributed by atoms with E-state index in [9.17, 15) is 4.79 Å². The number of thioether (sulfide) groups is 1. The minimum absolute atomic E-state index is 0.132. The van der Waals surface area contributed by atoms with E-state index in [1.54, 1.807) is 7.05 Å². The number of hydrogen-bond acceptors (Lipinski definition) is 3. The molecule has 3 N–H and O–H groups in total. The normalized spacial score (nSPS) is 16.8. The first kappa shape index (κ1) is 20.6. The lowest BCUT2D eigenvalue weighted by Crippen LogP contribution is -2.42. The van der Waals surface area contributed by atoms with Crippen molar-refractivity contribution in [3.05, 3.63) is 30.3 Å². The molecule has 1 aromatic rings. The number of amides is 1. The van der Waals surface area contributed by atoms with Crippen molar-refractivity contribution in [1.82, 2.24) is 16.0 Å². The van der Waals surface area contributed by atoms with E-state index in [0.717, 1.165) is 25.3 Å². The van der Waals surface area contributed by atoms with Gasteiger partial charge >= 0.3 is 0 Å². The summed E-state index contributed by atoms with van der Waals surface area (Å²) in [6.45, 7) is 3.60. The van der Waals surface area contributed by atoms with Crippen LogP contribution in [0.4, 0.5) is 0 Å². The van der Waals surface area contributed by atoms with Gasteiger partial charge in [0.05, 0.1) is 0 Å². The molecule has 1 aliphatic carbocycles. The molecule has 1 amide bonds. The number of nitrogens with zero attached hydrogens (tertiary/aromatic N) is 1. The molecule has 2 rings (SSSR count). The maximum atomic E-state index is 12.0. The highest BCUT2D eigenvalue weighted by molar-refractivity contribution is 8.00. The highest BCUT2D eigenvalue weighted by atomic mass is 32.2. The van der Waals surface area contributed by atoms with Crippen LogP contribution in [-0.4, -0.2) is 43.3 Å². The lowest BCUT2D eigenvalue weighted by molar-refractivity contribution is -0.121. The average molecular weight is 377 g/mol. The predicted molar refractivity (Wildman–Crippen MR) is 111 cm³/mol. The Balaban J connectivity index is 1.60. The molecule has 0 heterocycles. The molecule has 5 nitrogen and oxygen atoms in total. The second-order valence-electron chi connectivity index (χ2n) is 6.77. The molecule has 0 aromatic heterocycles. The van der Waals surface area contributed by atoms with Gasteiger partial charge in [-0.2, -0.15) is 0 Å². The number of rotatable bonds is 8. The zero-order valence-electron chi connectivity index (χ0n) is 16.0. The molecule has 0 radical (unpaired) electrons. The van der Waals surface area contributed by atoms with Gasteiger partial charge in [-0.3, -0.25) is 9.79 Å². The van der Waals surface area contributed by atoms with Crippen molar-refractivity contribution >= 4 is 23.6 Å². The molecule has 1 atom stereocenters. The van der Waals surface area contributed by atoms with E-state index in [1.165, 1.54) is 24.2 Å². The molecule has 0 spiro atoms. The molecule has 1 unspecified atom stereocenters. The molecular formula is C20H32N4OS. The van der Waals surface area contributed by atoms with Gasteiger partial charge in [-0.05, 0) is 25.0 Å². The zero-order valence-corrected chi connectivity index (χ0v) is 16.8. The van der Waals surface area contributed by atoms with Gasteiger partial charge < -0.3 is 16.0 Å². The van der Waals surface area contributed by atoms with E-state index < -0.39 is 0 Å². The standard InChI is InChI=1S/C20H32N4OS/c1-16(26-18-11-7-4-8-12-18)15-23-20(21-2)22-14-13-19(25)24-17-9-5-3-6-10-17/h4,7-8,11-12,16-17H,3,5-6,9-10,13-15H2,1-2H3,(H,24,25)(H2,21,22,23). The SMILES string of the molecule is CN=C(NCCC(=O)NC1CCCCC1)NCC(C)Sc1ccccc1. The van der Waals surface area contributed by atoms with Crippen molar-refractivity contribution in [3.63, 3.8) is 0 Å². The molecule has 1 aromatic carbocycles. The van der Waals surface area contributed by atoms with Crippen LogP contribution in [-0.2, 0) is 4.79 Å². The molecule has 26 heavy (non-hydrogen) atoms. The van der Waals surface area contributed by atoms with E-state index in [1.807, 2.05) is 17.8 Å². The van der Waals surface area contributed by atoms with Crippen molar-refractivity contribution in [2.24, 2.45) is 4.99 Å². The summed E-state index contributed by atoms with van der Waals surface area (Å²) in [7, 11) is 1.76. The number of guanidine groups is 1. The fourth-order valence-corrected chi connectivity index (χ4v) is 4.02. The summed E-state index contributed by atoms with van der Waals surface area (Å²) in [5.41, 5.74) is 0. The number of benzene rings is 1. The topological polar surface area (TPSA) is 65.5 Å². The predicted octanol–water partition coefficient (Wildman–Crippen LogP) is 3.17. The van der Waals surface area contributed by atoms with Crippen molar-refractivity contribution in [2.45, 2.75) is 61.6 Å². The molecule has 0 saturated heterocycles. The first-order valence-electron chi connectivity index (χ1n) is 9.63. The first-order valence-corrected chi connectivity index (χ1v) is 10.5. The van der Waals surface area contributed by atoms with Crippen LogP contribution in [0.2, 0.25) is 0 Å². The minimum atomic E-state index is 0.132. The van der Waals surface area contributed by atoms with E-state index >= 15 is 0 Å². The van der Waals surface area contributed by atoms with Crippen molar-refractivity contribution in [2.75, 3.05) is 20.1 Å². The first-order chi connectivity index (χ1) is 12.7. The number of hydrogen-bond donors (Lipinski definition) is 3. The summed E-state index contributed by atoms with van der Waals surface area (Å²) in [5.74, 6) is 0.879. The molecular weight excluding hydrogens is 344 g/mol. The lowest BCUT2D eigenvalue weighted by atomic mass is 9.95. The smallest absolute Gasteiger partial charge is 0.221 e. The van der Waals surface area contributed by atoms with Gasteiger partial charge in [0.1, 0.15) is 0 Å². The van der Waals surface area contributed by atoms with E-state index in [0.29, 0.717) is 24.3 Å². The Bertz CT molecular complexity index is 558. The number of carbonyl (C=O) groups is 1. The quantitative estimate of drug-likeness (QED) is 0.370. The third-order valence-corrected chi connectivity index (χ3v) is 5.59. The Hall–Kier alpha value is -1.69. The summed E-state index contributed by atoms with van der Waals surface area (Å²) in [5, 5.41) is 10.1. The van der Waals surface area contributed by atoms with Gasteiger partial charge in [-0.1, -0.05) is 44.4 Å². The minimum Gasteiger partial charge on any atom is -0.356 e. The monoisotopic (exact) mass is 376 g/mol.